The van der Waals surface area contributed by atoms with E-state index in [1.54, 1.807) is 30.3 Å². The summed E-state index contributed by atoms with van der Waals surface area (Å²) in [5.41, 5.74) is 5.98. The molecule has 0 fully saturated rings. The number of hydrazine groups is 1. The van der Waals surface area contributed by atoms with Crippen LogP contribution < -0.4 is 25.1 Å². The van der Waals surface area contributed by atoms with Gasteiger partial charge in [0.15, 0.2) is 0 Å². The molecule has 0 aromatic heterocycles. The Hall–Kier alpha value is -2.93. The van der Waals surface area contributed by atoms with Crippen LogP contribution in [-0.4, -0.2) is 32.6 Å². The van der Waals surface area contributed by atoms with Crippen molar-refractivity contribution in [2.45, 2.75) is 19.8 Å². The third-order valence-corrected chi connectivity index (χ3v) is 4.11. The maximum absolute atomic E-state index is 12.2. The number of rotatable bonds is 8. The lowest BCUT2D eigenvalue weighted by atomic mass is 10.2. The molecule has 0 saturated heterocycles. The number of hydrogen-bond donors (Lipinski definition) is 2. The fourth-order valence-corrected chi connectivity index (χ4v) is 2.62. The Morgan fingerprint density at radius 2 is 1.68 bits per heavy atom. The van der Waals surface area contributed by atoms with Gasteiger partial charge in [-0.15, -0.1) is 0 Å². The molecule has 2 rings (SSSR count). The monoisotopic (exact) mass is 406 g/mol. The Kier molecular flexibility index (Phi) is 7.95. The first-order valence-corrected chi connectivity index (χ1v) is 9.02. The van der Waals surface area contributed by atoms with Gasteiger partial charge in [-0.1, -0.05) is 11.6 Å². The molecular weight excluding hydrogens is 384 g/mol. The summed E-state index contributed by atoms with van der Waals surface area (Å²) >= 11 is 5.90. The second-order valence-corrected chi connectivity index (χ2v) is 6.40. The number of aryl methyl sites for hydroxylation is 1. The van der Waals surface area contributed by atoms with Gasteiger partial charge in [-0.3, -0.25) is 20.4 Å². The Labute approximate surface area is 168 Å². The van der Waals surface area contributed by atoms with E-state index in [2.05, 4.69) is 10.9 Å². The Bertz CT molecular complexity index is 819. The summed E-state index contributed by atoms with van der Waals surface area (Å²) < 4.78 is 15.9. The summed E-state index contributed by atoms with van der Waals surface area (Å²) in [6.07, 6.45) is 0.700. The zero-order chi connectivity index (χ0) is 20.5. The molecule has 8 heteroatoms. The van der Waals surface area contributed by atoms with Crippen LogP contribution in [0.3, 0.4) is 0 Å². The lowest BCUT2D eigenvalue weighted by Crippen LogP contribution is -2.41. The highest BCUT2D eigenvalue weighted by atomic mass is 35.5. The fourth-order valence-electron chi connectivity index (χ4n) is 2.39. The molecule has 0 heterocycles. The van der Waals surface area contributed by atoms with E-state index in [0.29, 0.717) is 35.1 Å². The minimum Gasteiger partial charge on any atom is -0.497 e. The smallest absolute Gasteiger partial charge is 0.269 e. The van der Waals surface area contributed by atoms with Gasteiger partial charge in [0, 0.05) is 23.1 Å². The molecule has 0 aliphatic carbocycles. The van der Waals surface area contributed by atoms with Crippen LogP contribution in [0.25, 0.3) is 0 Å². The van der Waals surface area contributed by atoms with Gasteiger partial charge in [-0.25, -0.2) is 0 Å². The van der Waals surface area contributed by atoms with Crippen LogP contribution in [0.1, 0.15) is 28.8 Å². The Morgan fingerprint density at radius 3 is 2.29 bits per heavy atom. The maximum atomic E-state index is 12.2. The number of benzene rings is 2. The average molecular weight is 407 g/mol. The van der Waals surface area contributed by atoms with E-state index in [9.17, 15) is 9.59 Å². The van der Waals surface area contributed by atoms with E-state index < -0.39 is 5.91 Å². The van der Waals surface area contributed by atoms with E-state index in [0.717, 1.165) is 11.3 Å². The molecule has 0 atom stereocenters. The van der Waals surface area contributed by atoms with E-state index in [4.69, 9.17) is 25.8 Å². The lowest BCUT2D eigenvalue weighted by molar-refractivity contribution is -0.122. The van der Waals surface area contributed by atoms with Crippen LogP contribution in [0.5, 0.6) is 17.2 Å². The highest BCUT2D eigenvalue weighted by Crippen LogP contribution is 2.23. The predicted molar refractivity (Wildman–Crippen MR) is 106 cm³/mol. The highest BCUT2D eigenvalue weighted by Gasteiger charge is 2.11. The van der Waals surface area contributed by atoms with Crippen molar-refractivity contribution in [1.29, 1.82) is 0 Å². The van der Waals surface area contributed by atoms with E-state index in [-0.39, 0.29) is 12.3 Å². The summed E-state index contributed by atoms with van der Waals surface area (Å²) in [4.78, 5) is 24.1. The molecule has 7 nitrogen and oxygen atoms in total. The summed E-state index contributed by atoms with van der Waals surface area (Å²) in [5, 5.41) is 0.647. The Morgan fingerprint density at radius 1 is 1.00 bits per heavy atom. The third kappa shape index (κ3) is 6.35. The minimum absolute atomic E-state index is 0.203. The van der Waals surface area contributed by atoms with Crippen molar-refractivity contribution >= 4 is 23.4 Å². The van der Waals surface area contributed by atoms with Crippen LogP contribution >= 0.6 is 11.6 Å². The van der Waals surface area contributed by atoms with Crippen LogP contribution in [-0.2, 0) is 4.79 Å². The second-order valence-electron chi connectivity index (χ2n) is 5.97. The van der Waals surface area contributed by atoms with Gasteiger partial charge in [-0.2, -0.15) is 0 Å². The summed E-state index contributed by atoms with van der Waals surface area (Å²) in [6.45, 7) is 2.27. The van der Waals surface area contributed by atoms with Crippen molar-refractivity contribution < 1.29 is 23.8 Å². The van der Waals surface area contributed by atoms with Gasteiger partial charge in [0.1, 0.15) is 17.2 Å². The molecule has 0 radical (unpaired) electrons. The number of carbonyl (C=O) groups excluding carboxylic acids is 2. The number of ether oxygens (including phenoxy) is 3. The first-order valence-electron chi connectivity index (χ1n) is 8.64. The van der Waals surface area contributed by atoms with E-state index in [1.807, 2.05) is 13.0 Å². The van der Waals surface area contributed by atoms with Gasteiger partial charge in [0.05, 0.1) is 20.8 Å². The normalized spacial score (nSPS) is 10.1. The summed E-state index contributed by atoms with van der Waals surface area (Å²) in [7, 11) is 2.98. The highest BCUT2D eigenvalue weighted by molar-refractivity contribution is 6.30. The van der Waals surface area contributed by atoms with E-state index >= 15 is 0 Å². The molecule has 0 bridgehead atoms. The van der Waals surface area contributed by atoms with Crippen molar-refractivity contribution in [2.75, 3.05) is 20.8 Å². The molecule has 0 aliphatic heterocycles. The number of methoxy groups -OCH3 is 2. The summed E-state index contributed by atoms with van der Waals surface area (Å²) in [5.74, 6) is 0.888. The molecule has 0 saturated carbocycles. The quantitative estimate of drug-likeness (QED) is 0.519. The van der Waals surface area contributed by atoms with Crippen molar-refractivity contribution in [3.8, 4) is 17.2 Å². The van der Waals surface area contributed by atoms with Crippen molar-refractivity contribution in [3.05, 3.63) is 52.5 Å². The van der Waals surface area contributed by atoms with Gasteiger partial charge in [-0.05, 0) is 49.2 Å². The lowest BCUT2D eigenvalue weighted by Gasteiger charge is -2.11. The van der Waals surface area contributed by atoms with Crippen LogP contribution in [0.15, 0.2) is 36.4 Å². The standard InChI is InChI=1S/C20H23ClN2O5/c1-13-9-15(21)6-7-18(13)28-8-4-5-19(24)22-23-20(25)14-10-16(26-2)12-17(11-14)27-3/h6-7,9-12H,4-5,8H2,1-3H3,(H,22,24)(H,23,25). The maximum Gasteiger partial charge on any atom is 0.269 e. The molecule has 150 valence electrons. The molecule has 0 spiro atoms. The molecule has 0 aliphatic rings. The van der Waals surface area contributed by atoms with Crippen LogP contribution in [0, 0.1) is 6.92 Å². The van der Waals surface area contributed by atoms with Gasteiger partial charge in [0.2, 0.25) is 5.91 Å². The predicted octanol–water partition coefficient (Wildman–Crippen LogP) is 3.29. The minimum atomic E-state index is -0.474. The average Bonchev–Trinajstić information content (AvgIpc) is 2.70. The largest absolute Gasteiger partial charge is 0.497 e. The first-order chi connectivity index (χ1) is 13.4. The fraction of sp³-hybridized carbons (Fsp3) is 0.300. The summed E-state index contributed by atoms with van der Waals surface area (Å²) in [6, 6.07) is 10.1. The number of amides is 2. The second kappa shape index (κ2) is 10.4. The van der Waals surface area contributed by atoms with Crippen molar-refractivity contribution in [1.82, 2.24) is 10.9 Å². The third-order valence-electron chi connectivity index (χ3n) is 3.87. The molecule has 2 aromatic rings. The topological polar surface area (TPSA) is 85.9 Å². The number of halogens is 1. The molecular formula is C20H23ClN2O5. The van der Waals surface area contributed by atoms with Crippen molar-refractivity contribution in [2.24, 2.45) is 0 Å². The number of carbonyl (C=O) groups is 2. The van der Waals surface area contributed by atoms with Gasteiger partial charge in [0.25, 0.3) is 5.91 Å². The SMILES string of the molecule is COc1cc(OC)cc(C(=O)NNC(=O)CCCOc2ccc(Cl)cc2C)c1. The number of nitrogens with one attached hydrogen (secondary N) is 2. The van der Waals surface area contributed by atoms with Gasteiger partial charge < -0.3 is 14.2 Å². The zero-order valence-electron chi connectivity index (χ0n) is 16.0. The first kappa shape index (κ1) is 21.4. The van der Waals surface area contributed by atoms with Crippen LogP contribution in [0.4, 0.5) is 0 Å². The van der Waals surface area contributed by atoms with Crippen LogP contribution in [0.2, 0.25) is 5.02 Å². The van der Waals surface area contributed by atoms with Crippen molar-refractivity contribution in [3.63, 3.8) is 0 Å². The van der Waals surface area contributed by atoms with E-state index in [1.165, 1.54) is 14.2 Å². The number of hydrogen-bond acceptors (Lipinski definition) is 5. The molecule has 0 unspecified atom stereocenters. The zero-order valence-corrected chi connectivity index (χ0v) is 16.8. The molecule has 28 heavy (non-hydrogen) atoms. The van der Waals surface area contributed by atoms with Gasteiger partial charge >= 0.3 is 0 Å². The Balaban J connectivity index is 1.75. The molecule has 2 aromatic carbocycles. The molecule has 2 N–H and O–H groups in total. The molecule has 2 amide bonds.